The van der Waals surface area contributed by atoms with Crippen LogP contribution in [0.3, 0.4) is 0 Å². The summed E-state index contributed by atoms with van der Waals surface area (Å²) in [5.41, 5.74) is 1.42. The Balaban J connectivity index is 1.54. The molecule has 1 fully saturated rings. The molecular formula is C17H27NO. The molecule has 1 aromatic carbocycles. The maximum absolute atomic E-state index is 5.65. The SMILES string of the molecule is CCC(Cc1ccccc1)NCCCOCC1CC1. The van der Waals surface area contributed by atoms with E-state index in [0.717, 1.165) is 38.5 Å². The first-order valence-electron chi connectivity index (χ1n) is 7.73. The zero-order valence-electron chi connectivity index (χ0n) is 12.1. The van der Waals surface area contributed by atoms with Crippen LogP contribution in [0.4, 0.5) is 0 Å². The average Bonchev–Trinajstić information content (AvgIpc) is 3.26. The molecule has 0 aromatic heterocycles. The molecule has 0 radical (unpaired) electrons. The van der Waals surface area contributed by atoms with Crippen molar-refractivity contribution in [1.29, 1.82) is 0 Å². The Hall–Kier alpha value is -0.860. The second-order valence-electron chi connectivity index (χ2n) is 5.62. The molecule has 1 saturated carbocycles. The van der Waals surface area contributed by atoms with Crippen molar-refractivity contribution in [2.24, 2.45) is 5.92 Å². The van der Waals surface area contributed by atoms with Crippen LogP contribution in [-0.2, 0) is 11.2 Å². The van der Waals surface area contributed by atoms with E-state index >= 15 is 0 Å². The van der Waals surface area contributed by atoms with E-state index in [-0.39, 0.29) is 0 Å². The molecule has 1 aliphatic rings. The summed E-state index contributed by atoms with van der Waals surface area (Å²) in [6, 6.07) is 11.3. The summed E-state index contributed by atoms with van der Waals surface area (Å²) in [6.45, 7) is 5.21. The number of hydrogen-bond donors (Lipinski definition) is 1. The summed E-state index contributed by atoms with van der Waals surface area (Å²) < 4.78 is 5.65. The topological polar surface area (TPSA) is 21.3 Å². The molecule has 1 aromatic rings. The van der Waals surface area contributed by atoms with Crippen molar-refractivity contribution in [1.82, 2.24) is 5.32 Å². The van der Waals surface area contributed by atoms with Crippen molar-refractivity contribution in [3.63, 3.8) is 0 Å². The fraction of sp³-hybridized carbons (Fsp3) is 0.647. The predicted molar refractivity (Wildman–Crippen MR) is 80.4 cm³/mol. The lowest BCUT2D eigenvalue weighted by atomic mass is 10.0. The standard InChI is InChI=1S/C17H27NO/c1-2-17(13-15-7-4-3-5-8-15)18-11-6-12-19-14-16-9-10-16/h3-5,7-8,16-18H,2,6,9-14H2,1H3. The summed E-state index contributed by atoms with van der Waals surface area (Å²) in [7, 11) is 0. The monoisotopic (exact) mass is 261 g/mol. The van der Waals surface area contributed by atoms with Crippen LogP contribution in [0.5, 0.6) is 0 Å². The van der Waals surface area contributed by atoms with Crippen LogP contribution in [0.25, 0.3) is 0 Å². The Kier molecular flexibility index (Phi) is 6.38. The van der Waals surface area contributed by atoms with Gasteiger partial charge in [0.05, 0.1) is 0 Å². The van der Waals surface area contributed by atoms with E-state index < -0.39 is 0 Å². The highest BCUT2D eigenvalue weighted by atomic mass is 16.5. The summed E-state index contributed by atoms with van der Waals surface area (Å²) in [4.78, 5) is 0. The Labute approximate surface area is 117 Å². The van der Waals surface area contributed by atoms with Crippen molar-refractivity contribution >= 4 is 0 Å². The lowest BCUT2D eigenvalue weighted by molar-refractivity contribution is 0.121. The molecule has 0 saturated heterocycles. The molecule has 0 heterocycles. The van der Waals surface area contributed by atoms with Gasteiger partial charge in [0.15, 0.2) is 0 Å². The van der Waals surface area contributed by atoms with Gasteiger partial charge in [0.2, 0.25) is 0 Å². The number of ether oxygens (including phenoxy) is 1. The minimum absolute atomic E-state index is 0.589. The fourth-order valence-corrected chi connectivity index (χ4v) is 2.27. The molecule has 1 aliphatic carbocycles. The molecule has 0 aliphatic heterocycles. The van der Waals surface area contributed by atoms with Gasteiger partial charge in [-0.25, -0.2) is 0 Å². The number of hydrogen-bond acceptors (Lipinski definition) is 2. The van der Waals surface area contributed by atoms with Crippen molar-refractivity contribution in [3.8, 4) is 0 Å². The fourth-order valence-electron chi connectivity index (χ4n) is 2.27. The van der Waals surface area contributed by atoms with E-state index in [2.05, 4.69) is 42.6 Å². The Morgan fingerprint density at radius 1 is 1.26 bits per heavy atom. The molecule has 2 rings (SSSR count). The van der Waals surface area contributed by atoms with Crippen molar-refractivity contribution in [2.45, 2.75) is 45.1 Å². The highest BCUT2D eigenvalue weighted by Gasteiger charge is 2.20. The molecule has 0 bridgehead atoms. The second-order valence-corrected chi connectivity index (χ2v) is 5.62. The highest BCUT2D eigenvalue weighted by molar-refractivity contribution is 5.15. The largest absolute Gasteiger partial charge is 0.381 e. The Morgan fingerprint density at radius 2 is 2.05 bits per heavy atom. The van der Waals surface area contributed by atoms with Crippen molar-refractivity contribution in [3.05, 3.63) is 35.9 Å². The molecule has 2 nitrogen and oxygen atoms in total. The third-order valence-corrected chi connectivity index (χ3v) is 3.77. The van der Waals surface area contributed by atoms with Crippen LogP contribution in [-0.4, -0.2) is 25.8 Å². The Bertz CT molecular complexity index is 334. The van der Waals surface area contributed by atoms with Gasteiger partial charge in [-0.1, -0.05) is 37.3 Å². The maximum atomic E-state index is 5.65. The maximum Gasteiger partial charge on any atom is 0.0494 e. The average molecular weight is 261 g/mol. The minimum atomic E-state index is 0.589. The normalized spacial score (nSPS) is 16.5. The summed E-state index contributed by atoms with van der Waals surface area (Å²) >= 11 is 0. The van der Waals surface area contributed by atoms with Gasteiger partial charge in [-0.3, -0.25) is 0 Å². The van der Waals surface area contributed by atoms with E-state index in [0.29, 0.717) is 6.04 Å². The van der Waals surface area contributed by atoms with E-state index in [9.17, 15) is 0 Å². The molecule has 0 amide bonds. The highest BCUT2D eigenvalue weighted by Crippen LogP contribution is 2.28. The van der Waals surface area contributed by atoms with Crippen LogP contribution in [0.1, 0.15) is 38.2 Å². The molecule has 106 valence electrons. The molecule has 1 atom stereocenters. The van der Waals surface area contributed by atoms with E-state index in [1.807, 2.05) is 0 Å². The number of nitrogens with one attached hydrogen (secondary N) is 1. The molecule has 1 unspecified atom stereocenters. The third-order valence-electron chi connectivity index (χ3n) is 3.77. The quantitative estimate of drug-likeness (QED) is 0.652. The molecule has 0 spiro atoms. The smallest absolute Gasteiger partial charge is 0.0494 e. The second kappa shape index (κ2) is 8.34. The van der Waals surface area contributed by atoms with Gasteiger partial charge in [0.1, 0.15) is 0 Å². The van der Waals surface area contributed by atoms with Gasteiger partial charge in [0.25, 0.3) is 0 Å². The van der Waals surface area contributed by atoms with Gasteiger partial charge >= 0.3 is 0 Å². The van der Waals surface area contributed by atoms with E-state index in [1.54, 1.807) is 0 Å². The minimum Gasteiger partial charge on any atom is -0.381 e. The zero-order chi connectivity index (χ0) is 13.3. The van der Waals surface area contributed by atoms with Crippen LogP contribution >= 0.6 is 0 Å². The summed E-state index contributed by atoms with van der Waals surface area (Å²) in [5, 5.41) is 3.64. The van der Waals surface area contributed by atoms with Crippen molar-refractivity contribution < 1.29 is 4.74 Å². The lowest BCUT2D eigenvalue weighted by Crippen LogP contribution is -2.31. The molecule has 1 N–H and O–H groups in total. The first-order valence-corrected chi connectivity index (χ1v) is 7.73. The van der Waals surface area contributed by atoms with Crippen LogP contribution in [0.2, 0.25) is 0 Å². The number of benzene rings is 1. The van der Waals surface area contributed by atoms with Crippen molar-refractivity contribution in [2.75, 3.05) is 19.8 Å². The van der Waals surface area contributed by atoms with Gasteiger partial charge in [-0.05, 0) is 50.1 Å². The summed E-state index contributed by atoms with van der Waals surface area (Å²) in [5.74, 6) is 0.884. The molecule has 19 heavy (non-hydrogen) atoms. The first kappa shape index (κ1) is 14.5. The Morgan fingerprint density at radius 3 is 2.74 bits per heavy atom. The summed E-state index contributed by atoms with van der Waals surface area (Å²) in [6.07, 6.45) is 6.19. The van der Waals surface area contributed by atoms with E-state index in [1.165, 1.54) is 24.8 Å². The van der Waals surface area contributed by atoms with Gasteiger partial charge in [0, 0.05) is 19.3 Å². The van der Waals surface area contributed by atoms with Crippen LogP contribution in [0, 0.1) is 5.92 Å². The first-order chi connectivity index (χ1) is 9.38. The van der Waals surface area contributed by atoms with Gasteiger partial charge in [-0.15, -0.1) is 0 Å². The lowest BCUT2D eigenvalue weighted by Gasteiger charge is -2.17. The number of rotatable bonds is 10. The predicted octanol–water partition coefficient (Wildman–Crippen LogP) is 3.41. The molecular weight excluding hydrogens is 234 g/mol. The van der Waals surface area contributed by atoms with Crippen LogP contribution < -0.4 is 5.32 Å². The zero-order valence-corrected chi connectivity index (χ0v) is 12.1. The van der Waals surface area contributed by atoms with E-state index in [4.69, 9.17) is 4.74 Å². The third kappa shape index (κ3) is 6.22. The van der Waals surface area contributed by atoms with Gasteiger partial charge < -0.3 is 10.1 Å². The van der Waals surface area contributed by atoms with Gasteiger partial charge in [-0.2, -0.15) is 0 Å². The molecule has 2 heteroatoms. The van der Waals surface area contributed by atoms with Crippen LogP contribution in [0.15, 0.2) is 30.3 Å².